The molecule has 2 aliphatic rings. The van der Waals surface area contributed by atoms with Crippen LogP contribution in [-0.2, 0) is 9.84 Å². The van der Waals surface area contributed by atoms with Gasteiger partial charge in [0.05, 0.1) is 4.90 Å². The van der Waals surface area contributed by atoms with Crippen LogP contribution in [-0.4, -0.2) is 57.3 Å². The number of carbonyl (C=O) groups excluding carboxylic acids is 1. The molecule has 0 saturated carbocycles. The van der Waals surface area contributed by atoms with E-state index >= 15 is 0 Å². The molecule has 2 heterocycles. The van der Waals surface area contributed by atoms with Crippen LogP contribution in [0.1, 0.15) is 75.9 Å². The lowest BCUT2D eigenvalue weighted by Gasteiger charge is -2.36. The van der Waals surface area contributed by atoms with Gasteiger partial charge >= 0.3 is 0 Å². The maximum atomic E-state index is 12.7. The Morgan fingerprint density at radius 2 is 1.69 bits per heavy atom. The number of amides is 1. The molecule has 0 aliphatic carbocycles. The van der Waals surface area contributed by atoms with E-state index in [9.17, 15) is 13.2 Å². The number of hydrogen-bond acceptors (Lipinski definition) is 5. The Bertz CT molecular complexity index is 1160. The number of benzene rings is 2. The molecule has 2 aromatic rings. The summed E-state index contributed by atoms with van der Waals surface area (Å²) in [5.74, 6) is 0.712. The van der Waals surface area contributed by atoms with Crippen molar-refractivity contribution in [3.63, 3.8) is 0 Å². The predicted octanol–water partition coefficient (Wildman–Crippen LogP) is 5.57. The minimum atomic E-state index is -3.36. The van der Waals surface area contributed by atoms with E-state index < -0.39 is 15.4 Å². The Kier molecular flexibility index (Phi) is 10.3. The first-order chi connectivity index (χ1) is 16.8. The normalized spacial score (nSPS) is 18.9. The number of hydrogen-bond donors (Lipinski definition) is 1. The summed E-state index contributed by atoms with van der Waals surface area (Å²) < 4.78 is 31.0. The van der Waals surface area contributed by atoms with Gasteiger partial charge in [0.15, 0.2) is 9.84 Å². The molecule has 4 rings (SSSR count). The van der Waals surface area contributed by atoms with Crippen molar-refractivity contribution in [3.05, 3.63) is 65.2 Å². The van der Waals surface area contributed by atoms with Crippen molar-refractivity contribution in [3.8, 4) is 5.75 Å². The summed E-state index contributed by atoms with van der Waals surface area (Å²) in [6, 6.07) is 12.7. The molecule has 6 nitrogen and oxygen atoms in total. The van der Waals surface area contributed by atoms with Crippen molar-refractivity contribution in [2.75, 3.05) is 32.4 Å². The number of rotatable bonds is 5. The van der Waals surface area contributed by atoms with Gasteiger partial charge in [0.25, 0.3) is 5.91 Å². The first-order valence-electron chi connectivity index (χ1n) is 12.6. The SMILES string of the molecule is C.CC.CCN(CC)C(=O)c1ccc(C2=CC3(CCCNCC3)Oc3ccc(S(C)(=O)=O)cc32)cc1. The average molecular weight is 515 g/mol. The van der Waals surface area contributed by atoms with Crippen LogP contribution >= 0.6 is 0 Å². The van der Waals surface area contributed by atoms with E-state index in [-0.39, 0.29) is 18.2 Å². The molecule has 2 aliphatic heterocycles. The van der Waals surface area contributed by atoms with E-state index in [0.29, 0.717) is 24.4 Å². The molecule has 0 aromatic heterocycles. The molecule has 1 saturated heterocycles. The fourth-order valence-electron chi connectivity index (χ4n) is 4.66. The second kappa shape index (κ2) is 12.5. The lowest BCUT2D eigenvalue weighted by Crippen LogP contribution is -2.37. The van der Waals surface area contributed by atoms with Gasteiger partial charge in [-0.1, -0.05) is 33.4 Å². The molecule has 7 heteroatoms. The van der Waals surface area contributed by atoms with Gasteiger partial charge in [-0.25, -0.2) is 8.42 Å². The highest BCUT2D eigenvalue weighted by Gasteiger charge is 2.36. The van der Waals surface area contributed by atoms with Crippen molar-refractivity contribution in [2.45, 2.75) is 64.9 Å². The molecule has 198 valence electrons. The molecule has 1 spiro atoms. The Morgan fingerprint density at radius 1 is 1.03 bits per heavy atom. The Labute approximate surface area is 217 Å². The zero-order valence-electron chi connectivity index (χ0n) is 21.6. The highest BCUT2D eigenvalue weighted by atomic mass is 32.2. The van der Waals surface area contributed by atoms with Gasteiger partial charge in [-0.05, 0) is 87.3 Å². The van der Waals surface area contributed by atoms with Crippen LogP contribution in [0, 0.1) is 0 Å². The number of nitrogens with one attached hydrogen (secondary N) is 1. The molecule has 0 radical (unpaired) electrons. The van der Waals surface area contributed by atoms with Crippen molar-refractivity contribution < 1.29 is 17.9 Å². The summed E-state index contributed by atoms with van der Waals surface area (Å²) in [5, 5.41) is 3.44. The summed E-state index contributed by atoms with van der Waals surface area (Å²) in [5.41, 5.74) is 2.87. The largest absolute Gasteiger partial charge is 0.482 e. The topological polar surface area (TPSA) is 75.7 Å². The van der Waals surface area contributed by atoms with E-state index in [2.05, 4.69) is 11.4 Å². The monoisotopic (exact) mass is 514 g/mol. The number of nitrogens with zero attached hydrogens (tertiary/aromatic N) is 1. The summed E-state index contributed by atoms with van der Waals surface area (Å²) in [6.45, 7) is 11.1. The molecule has 36 heavy (non-hydrogen) atoms. The molecule has 2 aromatic carbocycles. The zero-order chi connectivity index (χ0) is 25.6. The fraction of sp³-hybridized carbons (Fsp3) is 0.483. The van der Waals surface area contributed by atoms with Crippen LogP contribution in [0.15, 0.2) is 53.4 Å². The third-order valence-electron chi connectivity index (χ3n) is 6.56. The van der Waals surface area contributed by atoms with E-state index in [0.717, 1.165) is 49.1 Å². The highest BCUT2D eigenvalue weighted by Crippen LogP contribution is 2.43. The van der Waals surface area contributed by atoms with E-state index in [1.807, 2.05) is 52.0 Å². The average Bonchev–Trinajstić information content (AvgIpc) is 3.10. The number of carbonyl (C=O) groups is 1. The van der Waals surface area contributed by atoms with Crippen LogP contribution in [0.2, 0.25) is 0 Å². The van der Waals surface area contributed by atoms with Crippen LogP contribution in [0.4, 0.5) is 0 Å². The quantitative estimate of drug-likeness (QED) is 0.564. The molecule has 0 bridgehead atoms. The van der Waals surface area contributed by atoms with E-state index in [4.69, 9.17) is 4.74 Å². The number of fused-ring (bicyclic) bond motifs is 1. The Morgan fingerprint density at radius 3 is 2.31 bits per heavy atom. The standard InChI is InChI=1S/C26H32N2O4S.C2H6.CH4/c1-4-28(5-2)25(29)20-9-7-19(8-10-20)23-18-26(13-6-15-27-16-14-26)32-24-12-11-21(17-22(23)24)33(3,30)31;1-2;/h7-12,17-18,27H,4-6,13-16H2,1-3H3;1-2H3;1H4. The molecule has 1 N–H and O–H groups in total. The maximum Gasteiger partial charge on any atom is 0.253 e. The lowest BCUT2D eigenvalue weighted by atomic mass is 9.84. The first kappa shape index (κ1) is 29.6. The third kappa shape index (κ3) is 6.37. The maximum absolute atomic E-state index is 12.7. The van der Waals surface area contributed by atoms with Crippen LogP contribution in [0.25, 0.3) is 5.57 Å². The number of ether oxygens (including phenoxy) is 1. The summed E-state index contributed by atoms with van der Waals surface area (Å²) in [4.78, 5) is 14.8. The van der Waals surface area contributed by atoms with Crippen molar-refractivity contribution in [2.24, 2.45) is 0 Å². The predicted molar refractivity (Wildman–Crippen MR) is 148 cm³/mol. The van der Waals surface area contributed by atoms with Crippen molar-refractivity contribution >= 4 is 21.3 Å². The minimum Gasteiger partial charge on any atom is -0.482 e. The van der Waals surface area contributed by atoms with Gasteiger partial charge in [-0.3, -0.25) is 4.79 Å². The second-order valence-corrected chi connectivity index (χ2v) is 10.8. The van der Waals surface area contributed by atoms with E-state index in [1.54, 1.807) is 23.1 Å². The van der Waals surface area contributed by atoms with Crippen LogP contribution in [0.3, 0.4) is 0 Å². The lowest BCUT2D eigenvalue weighted by molar-refractivity contribution is 0.0773. The summed E-state index contributed by atoms with van der Waals surface area (Å²) in [7, 11) is -3.36. The molecule has 1 unspecified atom stereocenters. The molecule has 1 amide bonds. The van der Waals surface area contributed by atoms with Gasteiger partial charge in [-0.2, -0.15) is 0 Å². The molecular formula is C29H42N2O4S. The zero-order valence-corrected chi connectivity index (χ0v) is 22.4. The van der Waals surface area contributed by atoms with Crippen molar-refractivity contribution in [1.29, 1.82) is 0 Å². The van der Waals surface area contributed by atoms with Crippen molar-refractivity contribution in [1.82, 2.24) is 10.2 Å². The smallest absolute Gasteiger partial charge is 0.253 e. The van der Waals surface area contributed by atoms with Gasteiger partial charge in [-0.15, -0.1) is 0 Å². The third-order valence-corrected chi connectivity index (χ3v) is 7.67. The minimum absolute atomic E-state index is 0. The van der Waals surface area contributed by atoms with Gasteiger partial charge < -0.3 is 15.0 Å². The van der Waals surface area contributed by atoms with E-state index in [1.165, 1.54) is 6.26 Å². The molecule has 1 fully saturated rings. The first-order valence-corrected chi connectivity index (χ1v) is 14.5. The van der Waals surface area contributed by atoms with Crippen LogP contribution < -0.4 is 10.1 Å². The fourth-order valence-corrected chi connectivity index (χ4v) is 5.31. The Balaban J connectivity index is 0.00000148. The molecular weight excluding hydrogens is 472 g/mol. The van der Waals surface area contributed by atoms with Gasteiger partial charge in [0.1, 0.15) is 11.4 Å². The summed E-state index contributed by atoms with van der Waals surface area (Å²) in [6.07, 6.45) is 6.10. The molecule has 1 atom stereocenters. The number of sulfone groups is 1. The van der Waals surface area contributed by atoms with Gasteiger partial charge in [0, 0.05) is 36.9 Å². The Hall–Kier alpha value is -2.64. The van der Waals surface area contributed by atoms with Crippen LogP contribution in [0.5, 0.6) is 5.75 Å². The highest BCUT2D eigenvalue weighted by molar-refractivity contribution is 7.90. The van der Waals surface area contributed by atoms with Gasteiger partial charge in [0.2, 0.25) is 0 Å². The summed E-state index contributed by atoms with van der Waals surface area (Å²) >= 11 is 0. The second-order valence-electron chi connectivity index (χ2n) is 8.81.